The third-order valence-corrected chi connectivity index (χ3v) is 4.75. The highest BCUT2D eigenvalue weighted by Crippen LogP contribution is 2.33. The van der Waals surface area contributed by atoms with Crippen molar-refractivity contribution in [1.82, 2.24) is 9.88 Å². The molecule has 128 valence electrons. The van der Waals surface area contributed by atoms with Gasteiger partial charge in [0, 0.05) is 11.6 Å². The molecule has 0 unspecified atom stereocenters. The van der Waals surface area contributed by atoms with Crippen LogP contribution >= 0.6 is 0 Å². The molecule has 0 aliphatic carbocycles. The molecule has 0 saturated heterocycles. The van der Waals surface area contributed by atoms with Crippen molar-refractivity contribution in [2.45, 2.75) is 44.0 Å². The number of hydrogen-bond acceptors (Lipinski definition) is 5. The number of nitrogens with one attached hydrogen (secondary N) is 1. The smallest absolute Gasteiger partial charge is 0.441 e. The molecule has 1 N–H and O–H groups in total. The Bertz CT molecular complexity index is 790. The van der Waals surface area contributed by atoms with Crippen LogP contribution in [0.5, 0.6) is 0 Å². The highest BCUT2D eigenvalue weighted by atomic mass is 32.2. The molecule has 0 atom stereocenters. The molecule has 0 aliphatic rings. The summed E-state index contributed by atoms with van der Waals surface area (Å²) in [4.78, 5) is 0. The first-order chi connectivity index (χ1) is 10.4. The van der Waals surface area contributed by atoms with Crippen LogP contribution in [0, 0.1) is 0 Å². The molecule has 0 radical (unpaired) electrons. The van der Waals surface area contributed by atoms with Crippen molar-refractivity contribution in [2.75, 3.05) is 0 Å². The molecule has 0 amide bonds. The molecule has 0 aromatic carbocycles. The number of rotatable bonds is 5. The Morgan fingerprint density at radius 3 is 2.43 bits per heavy atom. The number of alkyl halides is 3. The molecular formula is C13H15F3N2O4S. The maximum atomic E-state index is 12.5. The first kappa shape index (κ1) is 17.5. The maximum Gasteiger partial charge on any atom is 0.452 e. The van der Waals surface area contributed by atoms with Crippen molar-refractivity contribution in [2.24, 2.45) is 0 Å². The topological polar surface area (TPSA) is 85.3 Å². The lowest BCUT2D eigenvalue weighted by Gasteiger charge is -2.23. The van der Waals surface area contributed by atoms with E-state index in [2.05, 4.69) is 14.4 Å². The summed E-state index contributed by atoms with van der Waals surface area (Å²) in [6.45, 7) is 5.20. The molecule has 0 aliphatic heterocycles. The summed E-state index contributed by atoms with van der Waals surface area (Å²) in [5.41, 5.74) is -0.933. The third-order valence-electron chi connectivity index (χ3n) is 3.18. The second-order valence-corrected chi connectivity index (χ2v) is 7.15. The van der Waals surface area contributed by atoms with Crippen molar-refractivity contribution >= 4 is 10.0 Å². The van der Waals surface area contributed by atoms with Crippen molar-refractivity contribution in [3.8, 4) is 11.5 Å². The molecule has 2 aromatic heterocycles. The molecule has 0 saturated carbocycles. The van der Waals surface area contributed by atoms with Crippen LogP contribution in [0.3, 0.4) is 0 Å². The van der Waals surface area contributed by atoms with Gasteiger partial charge in [-0.25, -0.2) is 13.1 Å². The van der Waals surface area contributed by atoms with Gasteiger partial charge in [-0.2, -0.15) is 13.2 Å². The molecule has 2 aromatic rings. The zero-order valence-corrected chi connectivity index (χ0v) is 13.4. The van der Waals surface area contributed by atoms with Gasteiger partial charge in [0.05, 0.1) is 0 Å². The number of halogens is 3. The van der Waals surface area contributed by atoms with Gasteiger partial charge in [0.2, 0.25) is 10.9 Å². The van der Waals surface area contributed by atoms with E-state index in [0.717, 1.165) is 6.07 Å². The molecule has 0 fully saturated rings. The Labute approximate surface area is 130 Å². The van der Waals surface area contributed by atoms with Gasteiger partial charge in [-0.3, -0.25) is 0 Å². The molecule has 0 bridgehead atoms. The number of aromatic nitrogens is 1. The standard InChI is InChI=1S/C13H15F3N2O4S/c1-4-12(2,3)18-23(19,20)11-6-5-9(21-11)8-7-10(22-17-8)13(14,15)16/h5-7,18H,4H2,1-3H3. The summed E-state index contributed by atoms with van der Waals surface area (Å²) in [6.07, 6.45) is -4.14. The first-order valence-electron chi connectivity index (χ1n) is 6.63. The number of furan rings is 1. The minimum atomic E-state index is -4.68. The number of nitrogens with zero attached hydrogens (tertiary/aromatic N) is 1. The van der Waals surface area contributed by atoms with Gasteiger partial charge in [0.15, 0.2) is 5.76 Å². The predicted octanol–water partition coefficient (Wildman–Crippen LogP) is 3.42. The summed E-state index contributed by atoms with van der Waals surface area (Å²) in [7, 11) is -3.94. The Balaban J connectivity index is 2.29. The summed E-state index contributed by atoms with van der Waals surface area (Å²) in [5.74, 6) is -1.43. The summed E-state index contributed by atoms with van der Waals surface area (Å²) >= 11 is 0. The van der Waals surface area contributed by atoms with E-state index in [1.807, 2.05) is 6.92 Å². The van der Waals surface area contributed by atoms with E-state index in [4.69, 9.17) is 4.42 Å². The van der Waals surface area contributed by atoms with Gasteiger partial charge in [-0.05, 0) is 32.4 Å². The highest BCUT2D eigenvalue weighted by Gasteiger charge is 2.36. The maximum absolute atomic E-state index is 12.5. The second kappa shape index (κ2) is 5.68. The number of hydrogen-bond donors (Lipinski definition) is 1. The van der Waals surface area contributed by atoms with E-state index in [1.165, 1.54) is 6.07 Å². The molecule has 10 heteroatoms. The monoisotopic (exact) mass is 352 g/mol. The average Bonchev–Trinajstić information content (AvgIpc) is 3.06. The van der Waals surface area contributed by atoms with Crippen molar-refractivity contribution in [3.05, 3.63) is 24.0 Å². The minimum Gasteiger partial charge on any atom is -0.441 e. The summed E-state index contributed by atoms with van der Waals surface area (Å²) < 4.78 is 73.5. The lowest BCUT2D eigenvalue weighted by molar-refractivity contribution is -0.155. The molecular weight excluding hydrogens is 337 g/mol. The van der Waals surface area contributed by atoms with Crippen LogP contribution in [0.1, 0.15) is 33.0 Å². The van der Waals surface area contributed by atoms with Gasteiger partial charge in [-0.15, -0.1) is 0 Å². The number of sulfonamides is 1. The van der Waals surface area contributed by atoms with Crippen LogP contribution in [-0.4, -0.2) is 19.1 Å². The Kier molecular flexibility index (Phi) is 4.33. The normalized spacial score (nSPS) is 13.5. The van der Waals surface area contributed by atoms with E-state index in [9.17, 15) is 21.6 Å². The van der Waals surface area contributed by atoms with Crippen LogP contribution < -0.4 is 4.72 Å². The SMILES string of the molecule is CCC(C)(C)NS(=O)(=O)c1ccc(-c2cc(C(F)(F)F)on2)o1. The quantitative estimate of drug-likeness (QED) is 0.891. The van der Waals surface area contributed by atoms with Gasteiger partial charge < -0.3 is 8.94 Å². The van der Waals surface area contributed by atoms with Gasteiger partial charge in [-0.1, -0.05) is 12.1 Å². The minimum absolute atomic E-state index is 0.140. The zero-order chi connectivity index (χ0) is 17.5. The first-order valence-corrected chi connectivity index (χ1v) is 8.11. The third kappa shape index (κ3) is 3.94. The Morgan fingerprint density at radius 1 is 1.26 bits per heavy atom. The van der Waals surface area contributed by atoms with E-state index >= 15 is 0 Å². The second-order valence-electron chi connectivity index (χ2n) is 5.54. The van der Waals surface area contributed by atoms with Crippen LogP contribution in [0.2, 0.25) is 0 Å². The molecule has 23 heavy (non-hydrogen) atoms. The van der Waals surface area contributed by atoms with Gasteiger partial charge >= 0.3 is 6.18 Å². The predicted molar refractivity (Wildman–Crippen MR) is 73.9 cm³/mol. The van der Waals surface area contributed by atoms with E-state index in [1.54, 1.807) is 13.8 Å². The van der Waals surface area contributed by atoms with Gasteiger partial charge in [0.25, 0.3) is 10.0 Å². The van der Waals surface area contributed by atoms with Crippen molar-refractivity contribution in [3.63, 3.8) is 0 Å². The van der Waals surface area contributed by atoms with Crippen LogP contribution in [0.25, 0.3) is 11.5 Å². The average molecular weight is 352 g/mol. The van der Waals surface area contributed by atoms with E-state index in [-0.39, 0.29) is 11.5 Å². The molecule has 6 nitrogen and oxygen atoms in total. The van der Waals surface area contributed by atoms with Crippen LogP contribution in [0.4, 0.5) is 13.2 Å². The molecule has 2 rings (SSSR count). The van der Waals surface area contributed by atoms with Crippen LogP contribution in [-0.2, 0) is 16.2 Å². The van der Waals surface area contributed by atoms with Crippen molar-refractivity contribution in [1.29, 1.82) is 0 Å². The summed E-state index contributed by atoms with van der Waals surface area (Å²) in [6, 6.07) is 3.00. The Morgan fingerprint density at radius 2 is 1.91 bits per heavy atom. The van der Waals surface area contributed by atoms with Crippen molar-refractivity contribution < 1.29 is 30.5 Å². The van der Waals surface area contributed by atoms with E-state index < -0.39 is 32.6 Å². The lowest BCUT2D eigenvalue weighted by atomic mass is 10.0. The fourth-order valence-electron chi connectivity index (χ4n) is 1.61. The highest BCUT2D eigenvalue weighted by molar-refractivity contribution is 7.89. The fourth-order valence-corrected chi connectivity index (χ4v) is 3.03. The molecule has 0 spiro atoms. The van der Waals surface area contributed by atoms with Gasteiger partial charge in [0.1, 0.15) is 5.69 Å². The van der Waals surface area contributed by atoms with Crippen LogP contribution in [0.15, 0.2) is 32.2 Å². The van der Waals surface area contributed by atoms with E-state index in [0.29, 0.717) is 12.5 Å². The largest absolute Gasteiger partial charge is 0.452 e. The zero-order valence-electron chi connectivity index (χ0n) is 12.6. The summed E-state index contributed by atoms with van der Waals surface area (Å²) in [5, 5.41) is 2.82. The lowest BCUT2D eigenvalue weighted by Crippen LogP contribution is -2.42. The fraction of sp³-hybridized carbons (Fsp3) is 0.462. The Hall–Kier alpha value is -1.81. The molecule has 2 heterocycles.